The van der Waals surface area contributed by atoms with E-state index in [9.17, 15) is 13.0 Å². The van der Waals surface area contributed by atoms with E-state index in [-0.39, 0.29) is 4.90 Å². The number of rotatable bonds is 24. The summed E-state index contributed by atoms with van der Waals surface area (Å²) in [6.45, 7) is 11.7. The molecular weight excluding hydrogens is 519 g/mol. The van der Waals surface area contributed by atoms with E-state index < -0.39 is 17.4 Å². The molecule has 0 saturated carbocycles. The van der Waals surface area contributed by atoms with Crippen LogP contribution in [0.25, 0.3) is 0 Å². The minimum Gasteiger partial charge on any atom is -0.744 e. The first-order chi connectivity index (χ1) is 18.8. The second-order valence-electron chi connectivity index (χ2n) is 11.6. The van der Waals surface area contributed by atoms with Crippen LogP contribution in [0.3, 0.4) is 0 Å². The summed E-state index contributed by atoms with van der Waals surface area (Å²) in [5.41, 5.74) is 0.664. The highest BCUT2D eigenvalue weighted by atomic mass is 32.2. The van der Waals surface area contributed by atoms with Crippen molar-refractivity contribution >= 4 is 17.4 Å². The van der Waals surface area contributed by atoms with Crippen molar-refractivity contribution in [3.8, 4) is 0 Å². The third-order valence-electron chi connectivity index (χ3n) is 7.99. The predicted molar refractivity (Wildman–Crippen MR) is 176 cm³/mol. The topological polar surface area (TPSA) is 57.2 Å². The van der Waals surface area contributed by atoms with Gasteiger partial charge in [-0.1, -0.05) is 136 Å². The third-order valence-corrected chi connectivity index (χ3v) is 14.0. The summed E-state index contributed by atoms with van der Waals surface area (Å²) in [6, 6.07) is 6.56. The molecule has 0 heterocycles. The second-order valence-corrected chi connectivity index (χ2v) is 17.5. The highest BCUT2D eigenvalue weighted by Crippen LogP contribution is 2.61. The molecule has 3 nitrogen and oxygen atoms in total. The van der Waals surface area contributed by atoms with Crippen LogP contribution in [-0.2, 0) is 16.5 Å². The number of benzene rings is 1. The van der Waals surface area contributed by atoms with Crippen molar-refractivity contribution in [3.05, 3.63) is 29.8 Å². The summed E-state index contributed by atoms with van der Waals surface area (Å²) in [5, 5.41) is 0. The molecule has 0 saturated heterocycles. The van der Waals surface area contributed by atoms with Gasteiger partial charge in [-0.2, -0.15) is 0 Å². The van der Waals surface area contributed by atoms with Crippen LogP contribution in [0.4, 0.5) is 0 Å². The average molecular weight is 585 g/mol. The first-order valence-corrected chi connectivity index (χ1v) is 20.6. The Balaban J connectivity index is 0.000000768. The Hall–Kier alpha value is -0.440. The van der Waals surface area contributed by atoms with Crippen LogP contribution in [-0.4, -0.2) is 37.6 Å². The fraction of sp³-hybridized carbons (Fsp3) is 0.824. The summed E-state index contributed by atoms with van der Waals surface area (Å²) in [5.74, 6) is 0. The van der Waals surface area contributed by atoms with E-state index in [0.29, 0.717) is 12.0 Å². The zero-order valence-corrected chi connectivity index (χ0v) is 28.4. The van der Waals surface area contributed by atoms with E-state index in [1.165, 1.54) is 109 Å². The lowest BCUT2D eigenvalue weighted by Crippen LogP contribution is -2.12. The number of unbranched alkanes of at least 4 members (excludes halogenated alkanes) is 13. The molecule has 0 bridgehead atoms. The summed E-state index contributed by atoms with van der Waals surface area (Å²) < 4.78 is 33.5. The largest absolute Gasteiger partial charge is 0.744 e. The number of hydrogen-bond acceptors (Lipinski definition) is 3. The molecule has 5 heteroatoms. The summed E-state index contributed by atoms with van der Waals surface area (Å²) in [6.07, 6.45) is 31.1. The van der Waals surface area contributed by atoms with E-state index in [1.54, 1.807) is 42.8 Å². The van der Waals surface area contributed by atoms with Gasteiger partial charge in [-0.3, -0.25) is 0 Å². The predicted octanol–water partition coefficient (Wildman–Crippen LogP) is 11.3. The molecule has 0 amide bonds. The van der Waals surface area contributed by atoms with Crippen LogP contribution in [0.1, 0.15) is 156 Å². The van der Waals surface area contributed by atoms with Gasteiger partial charge in [-0.15, -0.1) is 0 Å². The highest BCUT2D eigenvalue weighted by Gasteiger charge is 2.34. The van der Waals surface area contributed by atoms with Gasteiger partial charge in [0.05, 0.1) is 29.5 Å². The molecule has 0 aromatic heterocycles. The molecule has 1 rings (SSSR count). The van der Waals surface area contributed by atoms with Crippen LogP contribution in [0, 0.1) is 0 Å². The minimum absolute atomic E-state index is 0.0501. The van der Waals surface area contributed by atoms with Gasteiger partial charge in [-0.25, -0.2) is 8.42 Å². The molecule has 0 spiro atoms. The summed E-state index contributed by atoms with van der Waals surface area (Å²) in [7, 11) is -4.91. The van der Waals surface area contributed by atoms with E-state index in [0.717, 1.165) is 12.8 Å². The van der Waals surface area contributed by atoms with Gasteiger partial charge in [0.25, 0.3) is 0 Å². The van der Waals surface area contributed by atoms with Gasteiger partial charge >= 0.3 is 0 Å². The summed E-state index contributed by atoms with van der Waals surface area (Å²) in [4.78, 5) is -0.0501. The van der Waals surface area contributed by atoms with Gasteiger partial charge in [0.1, 0.15) is 10.1 Å². The maximum Gasteiger partial charge on any atom is 0.124 e. The van der Waals surface area contributed by atoms with Gasteiger partial charge < -0.3 is 4.55 Å². The van der Waals surface area contributed by atoms with Crippen LogP contribution < -0.4 is 0 Å². The monoisotopic (exact) mass is 584 g/mol. The van der Waals surface area contributed by atoms with Gasteiger partial charge in [0.15, 0.2) is 0 Å². The van der Waals surface area contributed by atoms with Gasteiger partial charge in [-0.05, 0) is 50.2 Å². The molecule has 0 unspecified atom stereocenters. The Morgan fingerprint density at radius 2 is 0.897 bits per heavy atom. The molecule has 0 aliphatic heterocycles. The first-order valence-electron chi connectivity index (χ1n) is 16.7. The van der Waals surface area contributed by atoms with Crippen LogP contribution in [0.5, 0.6) is 0 Å². The quantitative estimate of drug-likeness (QED) is 0.0690. The van der Waals surface area contributed by atoms with E-state index >= 15 is 0 Å². The van der Waals surface area contributed by atoms with Gasteiger partial charge in [0, 0.05) is 7.26 Å². The minimum atomic E-state index is -4.35. The lowest BCUT2D eigenvalue weighted by Gasteiger charge is -2.28. The Kier molecular flexibility index (Phi) is 25.0. The van der Waals surface area contributed by atoms with Crippen molar-refractivity contribution in [2.24, 2.45) is 0 Å². The van der Waals surface area contributed by atoms with E-state index in [2.05, 4.69) is 34.6 Å². The van der Waals surface area contributed by atoms with Crippen molar-refractivity contribution in [3.63, 3.8) is 0 Å². The molecule has 230 valence electrons. The lowest BCUT2D eigenvalue weighted by atomic mass is 10.0. The van der Waals surface area contributed by atoms with Crippen LogP contribution >= 0.6 is 7.26 Å². The molecule has 39 heavy (non-hydrogen) atoms. The smallest absolute Gasteiger partial charge is 0.124 e. The molecule has 0 radical (unpaired) electrons. The van der Waals surface area contributed by atoms with Crippen molar-refractivity contribution in [2.75, 3.05) is 24.6 Å². The van der Waals surface area contributed by atoms with Crippen LogP contribution in [0.15, 0.2) is 29.2 Å². The Labute approximate surface area is 245 Å². The highest BCUT2D eigenvalue weighted by molar-refractivity contribution is 7.85. The third kappa shape index (κ3) is 20.1. The zero-order valence-electron chi connectivity index (χ0n) is 26.7. The Morgan fingerprint density at radius 3 is 1.28 bits per heavy atom. The maximum absolute atomic E-state index is 11.2. The molecule has 0 aliphatic rings. The normalized spacial score (nSPS) is 11.8. The van der Waals surface area contributed by atoms with Crippen molar-refractivity contribution in [1.29, 1.82) is 0 Å². The van der Waals surface area contributed by atoms with Crippen molar-refractivity contribution < 1.29 is 13.0 Å². The maximum atomic E-state index is 11.2. The Morgan fingerprint density at radius 1 is 0.538 bits per heavy atom. The fourth-order valence-electron chi connectivity index (χ4n) is 5.40. The lowest BCUT2D eigenvalue weighted by molar-refractivity contribution is 0.461. The van der Waals surface area contributed by atoms with Crippen molar-refractivity contribution in [1.82, 2.24) is 0 Å². The van der Waals surface area contributed by atoms with E-state index in [4.69, 9.17) is 0 Å². The first kappa shape index (κ1) is 38.6. The van der Waals surface area contributed by atoms with E-state index in [1.807, 2.05) is 0 Å². The molecule has 0 aliphatic carbocycles. The average Bonchev–Trinajstić information content (AvgIpc) is 2.93. The Bertz CT molecular complexity index is 741. The van der Waals surface area contributed by atoms with Crippen LogP contribution in [0.2, 0.25) is 0 Å². The molecular formula is C34H65O3PS. The zero-order chi connectivity index (χ0) is 29.2. The standard InChI is InChI=1S/C18H30O3S.C16H36P/c1-2-3-4-5-6-7-8-9-10-11-14-17-15-12-13-16-18(17)22(19,20)21;1-5-9-13-17(14-10-6-2,15-11-7-3)16-12-8-4/h12-13,15-16H,2-11,14H2,1H3,(H,19,20,21);5-16H2,1-4H3/q;+1/p-1. The number of aryl methyl sites for hydroxylation is 1. The van der Waals surface area contributed by atoms with Gasteiger partial charge in [0.2, 0.25) is 0 Å². The molecule has 0 fully saturated rings. The SMILES string of the molecule is CCCCCCCCCCCCc1ccccc1S(=O)(=O)[O-].CCCC[P+](CCCC)(CCCC)CCCC. The molecule has 0 atom stereocenters. The number of hydrogen-bond donors (Lipinski definition) is 0. The fourth-order valence-corrected chi connectivity index (χ4v) is 11.4. The summed E-state index contributed by atoms with van der Waals surface area (Å²) >= 11 is 0. The van der Waals surface area contributed by atoms with Crippen molar-refractivity contribution in [2.45, 2.75) is 162 Å². The molecule has 1 aromatic carbocycles. The second kappa shape index (κ2) is 25.3. The molecule has 0 N–H and O–H groups in total. The molecule has 1 aromatic rings.